The van der Waals surface area contributed by atoms with Crippen LogP contribution in [0.4, 0.5) is 0 Å². The van der Waals surface area contributed by atoms with E-state index < -0.39 is 0 Å². The summed E-state index contributed by atoms with van der Waals surface area (Å²) in [6.45, 7) is 0. The van der Waals surface area contributed by atoms with Gasteiger partial charge in [0.25, 0.3) is 0 Å². The Balaban J connectivity index is 1.19. The first-order valence-electron chi connectivity index (χ1n) is 14.9. The van der Waals surface area contributed by atoms with Crippen LogP contribution in [0, 0.1) is 0 Å². The number of aromatic nitrogens is 4. The Morgan fingerprint density at radius 3 is 2.02 bits per heavy atom. The number of para-hydroxylation sites is 1. The van der Waals surface area contributed by atoms with Crippen molar-refractivity contribution in [3.63, 3.8) is 0 Å². The fourth-order valence-electron chi connectivity index (χ4n) is 6.19. The molecule has 0 N–H and O–H groups in total. The molecule has 45 heavy (non-hydrogen) atoms. The van der Waals surface area contributed by atoms with Crippen LogP contribution in [-0.4, -0.2) is 19.9 Å². The molecule has 0 atom stereocenters. The SMILES string of the molecule is c1ccc(-c2nc(-c3cccc(-c4ccnc(-c5nc6ccccc6c6ccccc56)c4)c3)nc3c2sc2ccccc23)cc1. The predicted octanol–water partition coefficient (Wildman–Crippen LogP) is 10.6. The van der Waals surface area contributed by atoms with Crippen LogP contribution in [0.25, 0.3) is 87.1 Å². The number of fused-ring (bicyclic) bond motifs is 6. The summed E-state index contributed by atoms with van der Waals surface area (Å²) in [6, 6.07) is 48.3. The topological polar surface area (TPSA) is 51.6 Å². The first kappa shape index (κ1) is 25.7. The molecular formula is C40H24N4S. The van der Waals surface area contributed by atoms with E-state index in [1.807, 2.05) is 18.3 Å². The molecule has 0 saturated carbocycles. The quantitative estimate of drug-likeness (QED) is 0.191. The molecule has 0 spiro atoms. The van der Waals surface area contributed by atoms with E-state index in [1.54, 1.807) is 11.3 Å². The molecule has 0 radical (unpaired) electrons. The van der Waals surface area contributed by atoms with Crippen LogP contribution in [0.1, 0.15) is 0 Å². The summed E-state index contributed by atoms with van der Waals surface area (Å²) >= 11 is 1.75. The second-order valence-electron chi connectivity index (χ2n) is 11.1. The number of hydrogen-bond acceptors (Lipinski definition) is 5. The maximum absolute atomic E-state index is 5.18. The van der Waals surface area contributed by atoms with Gasteiger partial charge in [0.2, 0.25) is 0 Å². The molecule has 0 fully saturated rings. The van der Waals surface area contributed by atoms with Gasteiger partial charge in [0.15, 0.2) is 5.82 Å². The van der Waals surface area contributed by atoms with Gasteiger partial charge in [-0.15, -0.1) is 11.3 Å². The molecule has 0 amide bonds. The van der Waals surface area contributed by atoms with E-state index in [2.05, 4.69) is 127 Å². The summed E-state index contributed by atoms with van der Waals surface area (Å²) in [6.07, 6.45) is 1.87. The third-order valence-corrected chi connectivity index (χ3v) is 9.50. The minimum Gasteiger partial charge on any atom is -0.255 e. The normalized spacial score (nSPS) is 11.6. The van der Waals surface area contributed by atoms with Crippen LogP contribution >= 0.6 is 11.3 Å². The number of rotatable bonds is 4. The van der Waals surface area contributed by atoms with Crippen LogP contribution in [0.2, 0.25) is 0 Å². The largest absolute Gasteiger partial charge is 0.255 e. The second kappa shape index (κ2) is 10.4. The molecule has 5 aromatic carbocycles. The highest BCUT2D eigenvalue weighted by Crippen LogP contribution is 2.40. The summed E-state index contributed by atoms with van der Waals surface area (Å²) in [5, 5.41) is 4.57. The zero-order chi connectivity index (χ0) is 29.7. The molecule has 4 heterocycles. The second-order valence-corrected chi connectivity index (χ2v) is 12.1. The van der Waals surface area contributed by atoms with E-state index in [-0.39, 0.29) is 0 Å². The maximum Gasteiger partial charge on any atom is 0.160 e. The highest BCUT2D eigenvalue weighted by atomic mass is 32.1. The van der Waals surface area contributed by atoms with Crippen molar-refractivity contribution in [1.29, 1.82) is 0 Å². The van der Waals surface area contributed by atoms with E-state index in [0.29, 0.717) is 5.82 Å². The van der Waals surface area contributed by atoms with E-state index in [4.69, 9.17) is 19.9 Å². The molecule has 0 aliphatic rings. The van der Waals surface area contributed by atoms with Crippen molar-refractivity contribution in [2.75, 3.05) is 0 Å². The molecule has 5 heteroatoms. The summed E-state index contributed by atoms with van der Waals surface area (Å²) < 4.78 is 2.32. The monoisotopic (exact) mass is 592 g/mol. The minimum atomic E-state index is 0.711. The average molecular weight is 593 g/mol. The van der Waals surface area contributed by atoms with Crippen LogP contribution in [0.5, 0.6) is 0 Å². The van der Waals surface area contributed by atoms with E-state index in [9.17, 15) is 0 Å². The molecule has 0 aliphatic heterocycles. The van der Waals surface area contributed by atoms with Gasteiger partial charge in [0, 0.05) is 38.2 Å². The number of thiophene rings is 1. The smallest absolute Gasteiger partial charge is 0.160 e. The van der Waals surface area contributed by atoms with Gasteiger partial charge in [-0.3, -0.25) is 4.98 Å². The summed E-state index contributed by atoms with van der Waals surface area (Å²) in [5.74, 6) is 0.711. The first-order valence-corrected chi connectivity index (χ1v) is 15.7. The summed E-state index contributed by atoms with van der Waals surface area (Å²) in [7, 11) is 0. The van der Waals surface area contributed by atoms with Gasteiger partial charge in [0.05, 0.1) is 32.8 Å². The van der Waals surface area contributed by atoms with Gasteiger partial charge in [-0.25, -0.2) is 15.0 Å². The molecule has 0 unspecified atom stereocenters. The van der Waals surface area contributed by atoms with Crippen LogP contribution in [0.15, 0.2) is 146 Å². The van der Waals surface area contributed by atoms with Crippen LogP contribution in [-0.2, 0) is 0 Å². The van der Waals surface area contributed by atoms with Gasteiger partial charge >= 0.3 is 0 Å². The lowest BCUT2D eigenvalue weighted by Crippen LogP contribution is -1.94. The standard InChI is InChI=1S/C40H24N4S/c1-2-11-25(12-3-1)36-39-38(32-18-7-9-20-35(32)45-39)44-40(43-36)28-14-10-13-26(23-28)27-21-22-41-34(24-27)37-31-17-5-4-15-29(31)30-16-6-8-19-33(30)42-37/h1-24H. The zero-order valence-electron chi connectivity index (χ0n) is 24.1. The molecule has 0 aliphatic carbocycles. The van der Waals surface area contributed by atoms with Crippen LogP contribution in [0.3, 0.4) is 0 Å². The van der Waals surface area contributed by atoms with Gasteiger partial charge in [-0.05, 0) is 46.8 Å². The summed E-state index contributed by atoms with van der Waals surface area (Å²) in [5.41, 5.74) is 8.82. The highest BCUT2D eigenvalue weighted by Gasteiger charge is 2.17. The maximum atomic E-state index is 5.18. The van der Waals surface area contributed by atoms with Gasteiger partial charge in [0.1, 0.15) is 0 Å². The highest BCUT2D eigenvalue weighted by molar-refractivity contribution is 7.26. The van der Waals surface area contributed by atoms with Crippen LogP contribution < -0.4 is 0 Å². The fourth-order valence-corrected chi connectivity index (χ4v) is 7.34. The number of pyridine rings is 2. The third kappa shape index (κ3) is 4.36. The molecule has 4 aromatic heterocycles. The van der Waals surface area contributed by atoms with Crippen molar-refractivity contribution in [2.45, 2.75) is 0 Å². The Morgan fingerprint density at radius 2 is 1.13 bits per heavy atom. The molecule has 0 bridgehead atoms. The lowest BCUT2D eigenvalue weighted by molar-refractivity contribution is 1.24. The number of benzene rings is 5. The number of hydrogen-bond donors (Lipinski definition) is 0. The van der Waals surface area contributed by atoms with Crippen molar-refractivity contribution in [2.24, 2.45) is 0 Å². The van der Waals surface area contributed by atoms with E-state index in [1.165, 1.54) is 10.1 Å². The van der Waals surface area contributed by atoms with Gasteiger partial charge in [-0.1, -0.05) is 109 Å². The number of nitrogens with zero attached hydrogens (tertiary/aromatic N) is 4. The zero-order valence-corrected chi connectivity index (χ0v) is 24.9. The molecular weight excluding hydrogens is 569 g/mol. The van der Waals surface area contributed by atoms with Crippen molar-refractivity contribution < 1.29 is 0 Å². The molecule has 210 valence electrons. The van der Waals surface area contributed by atoms with Gasteiger partial charge in [-0.2, -0.15) is 0 Å². The molecule has 4 nitrogen and oxygen atoms in total. The van der Waals surface area contributed by atoms with E-state index >= 15 is 0 Å². The molecule has 0 saturated heterocycles. The lowest BCUT2D eigenvalue weighted by Gasteiger charge is -2.11. The Labute approximate surface area is 263 Å². The summed E-state index contributed by atoms with van der Waals surface area (Å²) in [4.78, 5) is 20.2. The Hall–Kier alpha value is -5.78. The lowest BCUT2D eigenvalue weighted by atomic mass is 9.99. The van der Waals surface area contributed by atoms with Crippen molar-refractivity contribution >= 4 is 53.3 Å². The van der Waals surface area contributed by atoms with Crippen molar-refractivity contribution in [3.8, 4) is 45.2 Å². The first-order chi connectivity index (χ1) is 22.3. The molecule has 9 aromatic rings. The fraction of sp³-hybridized carbons (Fsp3) is 0. The van der Waals surface area contributed by atoms with Crippen molar-refractivity contribution in [3.05, 3.63) is 146 Å². The average Bonchev–Trinajstić information content (AvgIpc) is 3.50. The van der Waals surface area contributed by atoms with Crippen molar-refractivity contribution in [1.82, 2.24) is 19.9 Å². The Bertz CT molecular complexity index is 2550. The third-order valence-electron chi connectivity index (χ3n) is 8.33. The van der Waals surface area contributed by atoms with Gasteiger partial charge < -0.3 is 0 Å². The minimum absolute atomic E-state index is 0.711. The Kier molecular flexibility index (Phi) is 5.96. The predicted molar refractivity (Wildman–Crippen MR) is 187 cm³/mol. The Morgan fingerprint density at radius 1 is 0.444 bits per heavy atom. The van der Waals surface area contributed by atoms with E-state index in [0.717, 1.165) is 71.2 Å². The molecule has 9 rings (SSSR count).